The molecule has 0 saturated carbocycles. The molecule has 4 heteroatoms. The first-order chi connectivity index (χ1) is 7.44. The first-order valence-electron chi connectivity index (χ1n) is 6.16. The van der Waals surface area contributed by atoms with Gasteiger partial charge in [0.2, 0.25) is 5.91 Å². The summed E-state index contributed by atoms with van der Waals surface area (Å²) in [6.07, 6.45) is 1.76. The molecule has 2 N–H and O–H groups in total. The van der Waals surface area contributed by atoms with E-state index in [2.05, 4.69) is 25.7 Å². The van der Waals surface area contributed by atoms with Crippen molar-refractivity contribution >= 4 is 5.91 Å². The van der Waals surface area contributed by atoms with Gasteiger partial charge in [0.1, 0.15) is 0 Å². The molecule has 1 atom stereocenters. The molecular weight excluding hydrogens is 202 g/mol. The van der Waals surface area contributed by atoms with E-state index in [1.807, 2.05) is 11.9 Å². The number of amides is 1. The van der Waals surface area contributed by atoms with Crippen LogP contribution < -0.4 is 5.73 Å². The van der Waals surface area contributed by atoms with Gasteiger partial charge in [-0.25, -0.2) is 0 Å². The predicted molar refractivity (Wildman–Crippen MR) is 66.2 cm³/mol. The quantitative estimate of drug-likeness (QED) is 0.768. The van der Waals surface area contributed by atoms with Crippen LogP contribution in [0.2, 0.25) is 0 Å². The maximum absolute atomic E-state index is 12.4. The first kappa shape index (κ1) is 13.5. The molecule has 0 radical (unpaired) electrons. The van der Waals surface area contributed by atoms with Gasteiger partial charge in [0.05, 0.1) is 6.04 Å². The third kappa shape index (κ3) is 2.55. The first-order valence-corrected chi connectivity index (χ1v) is 6.16. The number of nitrogens with zero attached hydrogens (tertiary/aromatic N) is 2. The molecular formula is C12H25N3O. The molecule has 0 aromatic carbocycles. The summed E-state index contributed by atoms with van der Waals surface area (Å²) in [5, 5.41) is 0. The van der Waals surface area contributed by atoms with Crippen molar-refractivity contribution in [1.82, 2.24) is 9.80 Å². The number of likely N-dealkylation sites (N-methyl/N-ethyl adjacent to an activating group) is 1. The van der Waals surface area contributed by atoms with E-state index in [-0.39, 0.29) is 17.5 Å². The zero-order chi connectivity index (χ0) is 12.3. The maximum atomic E-state index is 12.4. The van der Waals surface area contributed by atoms with Gasteiger partial charge in [-0.2, -0.15) is 0 Å². The molecule has 0 aromatic rings. The smallest absolute Gasteiger partial charge is 0.240 e. The van der Waals surface area contributed by atoms with Gasteiger partial charge in [0.15, 0.2) is 0 Å². The van der Waals surface area contributed by atoms with E-state index < -0.39 is 0 Å². The van der Waals surface area contributed by atoms with Crippen molar-refractivity contribution in [3.8, 4) is 0 Å². The highest BCUT2D eigenvalue weighted by molar-refractivity contribution is 5.83. The van der Waals surface area contributed by atoms with Crippen LogP contribution in [0.25, 0.3) is 0 Å². The zero-order valence-electron chi connectivity index (χ0n) is 11.0. The highest BCUT2D eigenvalue weighted by atomic mass is 16.2. The molecule has 1 aliphatic rings. The molecule has 1 aliphatic heterocycles. The van der Waals surface area contributed by atoms with E-state index in [0.29, 0.717) is 6.54 Å². The minimum absolute atomic E-state index is 0.0235. The molecule has 1 fully saturated rings. The Morgan fingerprint density at radius 1 is 1.50 bits per heavy atom. The number of carbonyl (C=O) groups excluding carboxylic acids is 1. The second kappa shape index (κ2) is 5.15. The van der Waals surface area contributed by atoms with Crippen LogP contribution in [0.1, 0.15) is 33.6 Å². The lowest BCUT2D eigenvalue weighted by Gasteiger charge is -2.49. The summed E-state index contributed by atoms with van der Waals surface area (Å²) >= 11 is 0. The Labute approximate surface area is 98.8 Å². The van der Waals surface area contributed by atoms with Gasteiger partial charge in [-0.05, 0) is 40.3 Å². The third-order valence-electron chi connectivity index (χ3n) is 3.34. The SMILES string of the molecule is CCCN1C(=O)C(CCN)N(C)CC1(C)C. The van der Waals surface area contributed by atoms with Gasteiger partial charge in [-0.3, -0.25) is 9.69 Å². The van der Waals surface area contributed by atoms with Crippen molar-refractivity contribution in [3.63, 3.8) is 0 Å². The van der Waals surface area contributed by atoms with Crippen molar-refractivity contribution in [2.75, 3.05) is 26.7 Å². The third-order valence-corrected chi connectivity index (χ3v) is 3.34. The minimum atomic E-state index is -0.0626. The topological polar surface area (TPSA) is 49.6 Å². The minimum Gasteiger partial charge on any atom is -0.335 e. The molecule has 0 bridgehead atoms. The summed E-state index contributed by atoms with van der Waals surface area (Å²) in [5.41, 5.74) is 5.51. The molecule has 1 saturated heterocycles. The van der Waals surface area contributed by atoms with E-state index in [0.717, 1.165) is 25.9 Å². The molecule has 0 aromatic heterocycles. The van der Waals surface area contributed by atoms with Crippen LogP contribution >= 0.6 is 0 Å². The number of hydrogen-bond donors (Lipinski definition) is 1. The van der Waals surface area contributed by atoms with Gasteiger partial charge in [-0.1, -0.05) is 6.92 Å². The second-order valence-corrected chi connectivity index (χ2v) is 5.31. The standard InChI is InChI=1S/C12H25N3O/c1-5-8-15-11(16)10(6-7-13)14(4)9-12(15,2)3/h10H,5-9,13H2,1-4H3. The van der Waals surface area contributed by atoms with Crippen molar-refractivity contribution in [2.45, 2.75) is 45.2 Å². The molecule has 1 amide bonds. The number of nitrogens with two attached hydrogens (primary N) is 1. The Morgan fingerprint density at radius 2 is 2.12 bits per heavy atom. The summed E-state index contributed by atoms with van der Waals surface area (Å²) in [4.78, 5) is 16.5. The molecule has 4 nitrogen and oxygen atoms in total. The maximum Gasteiger partial charge on any atom is 0.240 e. The van der Waals surface area contributed by atoms with Crippen molar-refractivity contribution in [2.24, 2.45) is 5.73 Å². The molecule has 0 spiro atoms. The van der Waals surface area contributed by atoms with Crippen LogP contribution in [0.15, 0.2) is 0 Å². The van der Waals surface area contributed by atoms with Gasteiger partial charge in [0, 0.05) is 18.6 Å². The average Bonchev–Trinajstić information content (AvgIpc) is 2.18. The Bertz CT molecular complexity index is 253. The fraction of sp³-hybridized carbons (Fsp3) is 0.917. The van der Waals surface area contributed by atoms with Crippen LogP contribution in [-0.4, -0.2) is 54.0 Å². The largest absolute Gasteiger partial charge is 0.335 e. The molecule has 16 heavy (non-hydrogen) atoms. The van der Waals surface area contributed by atoms with E-state index in [1.165, 1.54) is 0 Å². The number of piperazine rings is 1. The van der Waals surface area contributed by atoms with Crippen molar-refractivity contribution < 1.29 is 4.79 Å². The lowest BCUT2D eigenvalue weighted by Crippen LogP contribution is -2.65. The van der Waals surface area contributed by atoms with Crippen LogP contribution in [0, 0.1) is 0 Å². The summed E-state index contributed by atoms with van der Waals surface area (Å²) in [6, 6.07) is -0.0235. The molecule has 0 aliphatic carbocycles. The van der Waals surface area contributed by atoms with Gasteiger partial charge >= 0.3 is 0 Å². The summed E-state index contributed by atoms with van der Waals surface area (Å²) in [6.45, 7) is 8.72. The van der Waals surface area contributed by atoms with E-state index >= 15 is 0 Å². The average molecular weight is 227 g/mol. The van der Waals surface area contributed by atoms with Crippen LogP contribution in [-0.2, 0) is 4.79 Å². The van der Waals surface area contributed by atoms with Crippen molar-refractivity contribution in [1.29, 1.82) is 0 Å². The normalized spacial score (nSPS) is 26.2. The Balaban J connectivity index is 2.85. The van der Waals surface area contributed by atoms with Gasteiger partial charge in [-0.15, -0.1) is 0 Å². The summed E-state index contributed by atoms with van der Waals surface area (Å²) in [7, 11) is 2.02. The van der Waals surface area contributed by atoms with E-state index in [1.54, 1.807) is 0 Å². The molecule has 1 unspecified atom stereocenters. The monoisotopic (exact) mass is 227 g/mol. The Kier molecular flexibility index (Phi) is 4.33. The van der Waals surface area contributed by atoms with Crippen molar-refractivity contribution in [3.05, 3.63) is 0 Å². The number of hydrogen-bond acceptors (Lipinski definition) is 3. The van der Waals surface area contributed by atoms with Gasteiger partial charge < -0.3 is 10.6 Å². The Hall–Kier alpha value is -0.610. The fourth-order valence-electron chi connectivity index (χ4n) is 2.61. The Morgan fingerprint density at radius 3 is 2.62 bits per heavy atom. The highest BCUT2D eigenvalue weighted by Gasteiger charge is 2.42. The lowest BCUT2D eigenvalue weighted by atomic mass is 9.94. The lowest BCUT2D eigenvalue weighted by molar-refractivity contribution is -0.150. The second-order valence-electron chi connectivity index (χ2n) is 5.31. The zero-order valence-corrected chi connectivity index (χ0v) is 11.0. The van der Waals surface area contributed by atoms with Crippen LogP contribution in [0.5, 0.6) is 0 Å². The van der Waals surface area contributed by atoms with E-state index in [4.69, 9.17) is 5.73 Å². The van der Waals surface area contributed by atoms with Crippen LogP contribution in [0.4, 0.5) is 0 Å². The highest BCUT2D eigenvalue weighted by Crippen LogP contribution is 2.25. The summed E-state index contributed by atoms with van der Waals surface area (Å²) < 4.78 is 0. The molecule has 1 heterocycles. The summed E-state index contributed by atoms with van der Waals surface area (Å²) in [5.74, 6) is 0.242. The molecule has 94 valence electrons. The fourth-order valence-corrected chi connectivity index (χ4v) is 2.61. The van der Waals surface area contributed by atoms with Gasteiger partial charge in [0.25, 0.3) is 0 Å². The van der Waals surface area contributed by atoms with E-state index in [9.17, 15) is 4.79 Å². The predicted octanol–water partition coefficient (Wildman–Crippen LogP) is 0.666. The molecule has 1 rings (SSSR count). The van der Waals surface area contributed by atoms with Crippen LogP contribution in [0.3, 0.4) is 0 Å². The number of rotatable bonds is 4. The number of carbonyl (C=O) groups is 1.